The lowest BCUT2D eigenvalue weighted by Gasteiger charge is -2.55. The van der Waals surface area contributed by atoms with E-state index in [1.54, 1.807) is 24.3 Å². The van der Waals surface area contributed by atoms with Gasteiger partial charge in [0.25, 0.3) is 0 Å². The quantitative estimate of drug-likeness (QED) is 0.149. The number of phenols is 1. The molecule has 52 heavy (non-hydrogen) atoms. The van der Waals surface area contributed by atoms with Crippen LogP contribution in [0.3, 0.4) is 0 Å². The van der Waals surface area contributed by atoms with Crippen LogP contribution < -0.4 is 4.90 Å². The lowest BCUT2D eigenvalue weighted by Crippen LogP contribution is -2.58. The largest absolute Gasteiger partial charge is 0.508 e. The first-order valence-electron chi connectivity index (χ1n) is 17.8. The first kappa shape index (κ1) is 31.8. The highest BCUT2D eigenvalue weighted by molar-refractivity contribution is 6.32. The topological polar surface area (TPSA) is 91.8 Å². The van der Waals surface area contributed by atoms with Gasteiger partial charge in [0.2, 0.25) is 11.8 Å². The molecule has 254 valence electrons. The molecule has 1 saturated heterocycles. The third-order valence-corrected chi connectivity index (χ3v) is 12.0. The Bertz CT molecular complexity index is 2390. The van der Waals surface area contributed by atoms with Gasteiger partial charge in [0.05, 0.1) is 22.9 Å². The van der Waals surface area contributed by atoms with Crippen molar-refractivity contribution in [2.45, 2.75) is 24.2 Å². The number of hydrogen-bond donors (Lipinski definition) is 1. The summed E-state index contributed by atoms with van der Waals surface area (Å²) in [7, 11) is 0. The SMILES string of the molecule is C=Cc1ccc(N2C(=O)[C@H]3[C@H](CC=C4[C@H]3C[C@H]3C(=O)C(c5ccccc5)=CC(=O)[C@@]3(c3ccccc3)[C@H]4c3c(O)ccc4ccccc34)C2=O)cc1. The Morgan fingerprint density at radius 2 is 1.44 bits per heavy atom. The van der Waals surface area contributed by atoms with Crippen molar-refractivity contribution in [1.82, 2.24) is 0 Å². The van der Waals surface area contributed by atoms with Gasteiger partial charge in [-0.15, -0.1) is 0 Å². The molecule has 0 aromatic heterocycles. The Labute approximate surface area is 301 Å². The summed E-state index contributed by atoms with van der Waals surface area (Å²) in [5.74, 6) is -4.57. The van der Waals surface area contributed by atoms with E-state index in [0.717, 1.165) is 21.9 Å². The summed E-state index contributed by atoms with van der Waals surface area (Å²) in [4.78, 5) is 60.7. The maximum atomic E-state index is 15.3. The number of hydrogen-bond acceptors (Lipinski definition) is 5. The average molecular weight is 682 g/mol. The zero-order valence-electron chi connectivity index (χ0n) is 28.3. The number of fused-ring (bicyclic) bond motifs is 5. The molecule has 1 aliphatic heterocycles. The van der Waals surface area contributed by atoms with Crippen LogP contribution in [0.4, 0.5) is 5.69 Å². The standard InChI is InChI=1S/C46H35NO5/c1-2-27-17-20-31(21-18-27)47-44(51)34-23-22-33-36(40(34)45(47)52)25-37-43(50)35(28-11-5-3-6-12-28)26-39(49)46(37,30-14-7-4-8-15-30)42(33)41-32-16-10-9-13-29(32)19-24-38(41)48/h2-22,24,26,34,36-37,40,42,48H,1,23,25H2/t34-,36+,37-,40-,42+,46-/m0/s1. The van der Waals surface area contributed by atoms with Crippen LogP contribution >= 0.6 is 0 Å². The number of carbonyl (C=O) groups excluding carboxylic acids is 4. The minimum Gasteiger partial charge on any atom is -0.508 e. The highest BCUT2D eigenvalue weighted by Gasteiger charge is 2.66. The molecule has 1 heterocycles. The molecule has 1 N–H and O–H groups in total. The van der Waals surface area contributed by atoms with Crippen LogP contribution in [0.25, 0.3) is 22.4 Å². The van der Waals surface area contributed by atoms with Crippen LogP contribution in [0.1, 0.15) is 41.0 Å². The summed E-state index contributed by atoms with van der Waals surface area (Å²) >= 11 is 0. The van der Waals surface area contributed by atoms with Gasteiger partial charge in [-0.3, -0.25) is 24.1 Å². The van der Waals surface area contributed by atoms with Crippen molar-refractivity contribution < 1.29 is 24.3 Å². The molecular weight excluding hydrogens is 647 g/mol. The molecule has 4 aliphatic rings. The number of ketones is 2. The van der Waals surface area contributed by atoms with E-state index in [2.05, 4.69) is 6.58 Å². The fourth-order valence-electron chi connectivity index (χ4n) is 9.79. The normalized spacial score (nSPS) is 26.7. The maximum Gasteiger partial charge on any atom is 0.238 e. The number of aromatic hydroxyl groups is 1. The van der Waals surface area contributed by atoms with Crippen LogP contribution in [0.15, 0.2) is 146 Å². The van der Waals surface area contributed by atoms with E-state index in [1.165, 1.54) is 11.0 Å². The summed E-state index contributed by atoms with van der Waals surface area (Å²) in [5, 5.41) is 13.6. The summed E-state index contributed by atoms with van der Waals surface area (Å²) in [6.07, 6.45) is 5.73. The number of amides is 2. The van der Waals surface area contributed by atoms with Gasteiger partial charge in [0.1, 0.15) is 5.75 Å². The lowest BCUT2D eigenvalue weighted by atomic mass is 9.44. The molecule has 0 bridgehead atoms. The average Bonchev–Trinajstić information content (AvgIpc) is 3.45. The van der Waals surface area contributed by atoms with Gasteiger partial charge in [-0.1, -0.05) is 127 Å². The van der Waals surface area contributed by atoms with Gasteiger partial charge in [-0.05, 0) is 70.5 Å². The second-order valence-electron chi connectivity index (χ2n) is 14.3. The van der Waals surface area contributed by atoms with Crippen molar-refractivity contribution in [3.8, 4) is 5.75 Å². The van der Waals surface area contributed by atoms with E-state index in [9.17, 15) is 14.7 Å². The monoisotopic (exact) mass is 681 g/mol. The number of rotatable bonds is 5. The minimum atomic E-state index is -1.43. The summed E-state index contributed by atoms with van der Waals surface area (Å²) < 4.78 is 0. The van der Waals surface area contributed by atoms with Gasteiger partial charge < -0.3 is 5.11 Å². The zero-order chi connectivity index (χ0) is 35.7. The fourth-order valence-corrected chi connectivity index (χ4v) is 9.79. The molecule has 3 aliphatic carbocycles. The molecular formula is C46H35NO5. The molecule has 0 spiro atoms. The van der Waals surface area contributed by atoms with Crippen molar-refractivity contribution in [2.75, 3.05) is 4.90 Å². The Balaban J connectivity index is 1.31. The summed E-state index contributed by atoms with van der Waals surface area (Å²) in [6, 6.07) is 37.1. The number of carbonyl (C=O) groups is 4. The van der Waals surface area contributed by atoms with E-state index in [-0.39, 0.29) is 35.6 Å². The van der Waals surface area contributed by atoms with E-state index in [4.69, 9.17) is 0 Å². The van der Waals surface area contributed by atoms with E-state index < -0.39 is 35.0 Å². The molecule has 5 aromatic rings. The Morgan fingerprint density at radius 3 is 2.17 bits per heavy atom. The number of nitrogens with zero attached hydrogens (tertiary/aromatic N) is 1. The molecule has 2 fully saturated rings. The highest BCUT2D eigenvalue weighted by Crippen LogP contribution is 2.65. The van der Waals surface area contributed by atoms with Crippen LogP contribution in [-0.4, -0.2) is 28.5 Å². The van der Waals surface area contributed by atoms with Crippen molar-refractivity contribution in [2.24, 2.45) is 23.7 Å². The van der Waals surface area contributed by atoms with Gasteiger partial charge >= 0.3 is 0 Å². The summed E-state index contributed by atoms with van der Waals surface area (Å²) in [5.41, 5.74) is 2.96. The number of allylic oxidation sites excluding steroid dienone is 4. The summed E-state index contributed by atoms with van der Waals surface area (Å²) in [6.45, 7) is 3.82. The predicted octanol–water partition coefficient (Wildman–Crippen LogP) is 8.22. The molecule has 0 unspecified atom stereocenters. The van der Waals surface area contributed by atoms with Crippen molar-refractivity contribution in [1.29, 1.82) is 0 Å². The molecule has 6 heteroatoms. The first-order chi connectivity index (χ1) is 25.3. The van der Waals surface area contributed by atoms with Gasteiger partial charge in [0.15, 0.2) is 11.6 Å². The molecule has 9 rings (SSSR count). The molecule has 0 radical (unpaired) electrons. The van der Waals surface area contributed by atoms with Crippen LogP contribution in [0.2, 0.25) is 0 Å². The molecule has 6 nitrogen and oxygen atoms in total. The Morgan fingerprint density at radius 1 is 0.750 bits per heavy atom. The van der Waals surface area contributed by atoms with Gasteiger partial charge in [0, 0.05) is 23.0 Å². The Hall–Kier alpha value is -6.14. The molecule has 6 atom stereocenters. The van der Waals surface area contributed by atoms with E-state index in [0.29, 0.717) is 34.4 Å². The Kier molecular flexibility index (Phi) is 7.33. The second-order valence-corrected chi connectivity index (χ2v) is 14.3. The first-order valence-corrected chi connectivity index (χ1v) is 17.8. The van der Waals surface area contributed by atoms with Crippen LogP contribution in [0, 0.1) is 23.7 Å². The van der Waals surface area contributed by atoms with Crippen LogP contribution in [-0.2, 0) is 24.6 Å². The van der Waals surface area contributed by atoms with Crippen LogP contribution in [0.5, 0.6) is 5.75 Å². The number of benzene rings is 5. The van der Waals surface area contributed by atoms with Crippen molar-refractivity contribution in [3.63, 3.8) is 0 Å². The number of Topliss-reactive ketones (excluding diaryl/α,β-unsaturated/α-hetero) is 1. The minimum absolute atomic E-state index is 0.0114. The molecule has 5 aromatic carbocycles. The predicted molar refractivity (Wildman–Crippen MR) is 201 cm³/mol. The highest BCUT2D eigenvalue weighted by atomic mass is 16.3. The molecule has 2 amide bonds. The third-order valence-electron chi connectivity index (χ3n) is 12.0. The van der Waals surface area contributed by atoms with E-state index in [1.807, 2.05) is 109 Å². The van der Waals surface area contributed by atoms with Gasteiger partial charge in [-0.25, -0.2) is 0 Å². The van der Waals surface area contributed by atoms with Crippen molar-refractivity contribution in [3.05, 3.63) is 168 Å². The number of phenolic OH excluding ortho intramolecular Hbond substituents is 1. The fraction of sp³-hybridized carbons (Fsp3) is 0.174. The second kappa shape index (κ2) is 12.0. The molecule has 1 saturated carbocycles. The lowest BCUT2D eigenvalue weighted by molar-refractivity contribution is -0.135. The van der Waals surface area contributed by atoms with Crippen molar-refractivity contribution >= 4 is 51.5 Å². The zero-order valence-corrected chi connectivity index (χ0v) is 28.3. The number of anilines is 1. The van der Waals surface area contributed by atoms with Gasteiger partial charge in [-0.2, -0.15) is 0 Å². The third kappa shape index (κ3) is 4.43. The van der Waals surface area contributed by atoms with E-state index >= 15 is 9.59 Å². The number of imide groups is 1. The smallest absolute Gasteiger partial charge is 0.238 e. The maximum absolute atomic E-state index is 15.3.